The second-order valence-electron chi connectivity index (χ2n) is 8.57. The summed E-state index contributed by atoms with van der Waals surface area (Å²) in [5, 5.41) is 2.64. The molecule has 1 N–H and O–H groups in total. The molecule has 178 valence electrons. The van der Waals surface area contributed by atoms with Crippen LogP contribution in [-0.4, -0.2) is 41.6 Å². The molecule has 0 radical (unpaired) electrons. The normalized spacial score (nSPS) is 12.5. The Bertz CT molecular complexity index is 1320. The highest BCUT2D eigenvalue weighted by molar-refractivity contribution is 6.35. The monoisotopic (exact) mass is 469 g/mol. The predicted molar refractivity (Wildman–Crippen MR) is 133 cm³/mol. The van der Waals surface area contributed by atoms with E-state index < -0.39 is 17.7 Å². The zero-order valence-corrected chi connectivity index (χ0v) is 20.0. The average molecular weight is 470 g/mol. The Morgan fingerprint density at radius 2 is 1.60 bits per heavy atom. The summed E-state index contributed by atoms with van der Waals surface area (Å²) < 4.78 is 0. The van der Waals surface area contributed by atoms with Gasteiger partial charge in [-0.25, -0.2) is 4.90 Å². The first-order valence-electron chi connectivity index (χ1n) is 11.5. The standard InChI is InChI=1S/C28H27N3O4/c1-4-30(17-20-8-6-5-7-9-20)25(32)16-29-26(33)21-12-13-22-23(15-21)28(35)31(27(22)34)24-14-18(2)10-11-19(24)3/h5-15H,4,16-17H2,1-3H3,(H,29,33). The number of hydrogen-bond donors (Lipinski definition) is 1. The molecule has 3 aromatic rings. The third kappa shape index (κ3) is 4.84. The number of fused-ring (bicyclic) bond motifs is 1. The topological polar surface area (TPSA) is 86.8 Å². The van der Waals surface area contributed by atoms with Crippen LogP contribution < -0.4 is 10.2 Å². The van der Waals surface area contributed by atoms with E-state index in [1.165, 1.54) is 18.2 Å². The summed E-state index contributed by atoms with van der Waals surface area (Å²) in [5.41, 5.74) is 3.91. The minimum atomic E-state index is -0.484. The van der Waals surface area contributed by atoms with Crippen molar-refractivity contribution in [3.63, 3.8) is 0 Å². The van der Waals surface area contributed by atoms with Gasteiger partial charge in [0.2, 0.25) is 5.91 Å². The Hall–Kier alpha value is -4.26. The molecule has 1 aliphatic rings. The second kappa shape index (κ2) is 9.93. The number of aryl methyl sites for hydroxylation is 2. The van der Waals surface area contributed by atoms with Crippen LogP contribution in [-0.2, 0) is 11.3 Å². The molecule has 0 bridgehead atoms. The second-order valence-corrected chi connectivity index (χ2v) is 8.57. The number of rotatable bonds is 7. The van der Waals surface area contributed by atoms with Crippen molar-refractivity contribution in [2.24, 2.45) is 0 Å². The maximum absolute atomic E-state index is 13.1. The molecule has 0 saturated carbocycles. The molecule has 35 heavy (non-hydrogen) atoms. The van der Waals surface area contributed by atoms with E-state index in [0.29, 0.717) is 18.8 Å². The van der Waals surface area contributed by atoms with Crippen LogP contribution in [0.5, 0.6) is 0 Å². The number of anilines is 1. The lowest BCUT2D eigenvalue weighted by Crippen LogP contribution is -2.39. The smallest absolute Gasteiger partial charge is 0.266 e. The SMILES string of the molecule is CCN(Cc1ccccc1)C(=O)CNC(=O)c1ccc2c(c1)C(=O)N(c1cc(C)ccc1C)C2=O. The molecule has 0 aliphatic carbocycles. The summed E-state index contributed by atoms with van der Waals surface area (Å²) in [5.74, 6) is -1.58. The molecule has 0 saturated heterocycles. The van der Waals surface area contributed by atoms with Gasteiger partial charge in [0.25, 0.3) is 17.7 Å². The maximum Gasteiger partial charge on any atom is 0.266 e. The lowest BCUT2D eigenvalue weighted by atomic mass is 10.1. The molecule has 0 aromatic heterocycles. The molecule has 0 fully saturated rings. The van der Waals surface area contributed by atoms with Crippen molar-refractivity contribution < 1.29 is 19.2 Å². The van der Waals surface area contributed by atoms with Crippen LogP contribution in [0.25, 0.3) is 0 Å². The van der Waals surface area contributed by atoms with Gasteiger partial charge >= 0.3 is 0 Å². The zero-order chi connectivity index (χ0) is 25.1. The number of carbonyl (C=O) groups excluding carboxylic acids is 4. The van der Waals surface area contributed by atoms with E-state index in [0.717, 1.165) is 21.6 Å². The van der Waals surface area contributed by atoms with Crippen molar-refractivity contribution in [2.75, 3.05) is 18.0 Å². The summed E-state index contributed by atoms with van der Waals surface area (Å²) in [6, 6.07) is 19.6. The molecule has 0 atom stereocenters. The summed E-state index contributed by atoms with van der Waals surface area (Å²) in [7, 11) is 0. The van der Waals surface area contributed by atoms with E-state index in [1.807, 2.05) is 63.2 Å². The van der Waals surface area contributed by atoms with E-state index in [1.54, 1.807) is 11.0 Å². The molecule has 4 amide bonds. The van der Waals surface area contributed by atoms with Gasteiger partial charge in [-0.15, -0.1) is 0 Å². The number of likely N-dealkylation sites (N-methyl/N-ethyl adjacent to an activating group) is 1. The van der Waals surface area contributed by atoms with Gasteiger partial charge < -0.3 is 10.2 Å². The van der Waals surface area contributed by atoms with Gasteiger partial charge in [-0.05, 0) is 61.7 Å². The van der Waals surface area contributed by atoms with Crippen LogP contribution in [0.4, 0.5) is 5.69 Å². The average Bonchev–Trinajstić information content (AvgIpc) is 3.12. The zero-order valence-electron chi connectivity index (χ0n) is 20.0. The van der Waals surface area contributed by atoms with Crippen LogP contribution in [0.2, 0.25) is 0 Å². The highest BCUT2D eigenvalue weighted by Gasteiger charge is 2.37. The third-order valence-electron chi connectivity index (χ3n) is 6.11. The van der Waals surface area contributed by atoms with Crippen molar-refractivity contribution >= 4 is 29.3 Å². The Kier molecular flexibility index (Phi) is 6.78. The molecule has 1 heterocycles. The van der Waals surface area contributed by atoms with Crippen molar-refractivity contribution in [1.29, 1.82) is 0 Å². The number of nitrogens with one attached hydrogen (secondary N) is 1. The lowest BCUT2D eigenvalue weighted by molar-refractivity contribution is -0.130. The number of carbonyl (C=O) groups is 4. The maximum atomic E-state index is 13.1. The number of hydrogen-bond acceptors (Lipinski definition) is 4. The number of nitrogens with zero attached hydrogens (tertiary/aromatic N) is 2. The molecular formula is C28H27N3O4. The van der Waals surface area contributed by atoms with Crippen molar-refractivity contribution in [3.05, 3.63) is 100 Å². The van der Waals surface area contributed by atoms with E-state index in [9.17, 15) is 19.2 Å². The molecule has 0 spiro atoms. The Balaban J connectivity index is 1.46. The van der Waals surface area contributed by atoms with Crippen molar-refractivity contribution in [3.8, 4) is 0 Å². The van der Waals surface area contributed by atoms with Crippen molar-refractivity contribution in [1.82, 2.24) is 10.2 Å². The molecule has 3 aromatic carbocycles. The largest absolute Gasteiger partial charge is 0.343 e. The van der Waals surface area contributed by atoms with Crippen LogP contribution in [0.15, 0.2) is 66.7 Å². The summed E-state index contributed by atoms with van der Waals surface area (Å²) in [6.45, 7) is 6.41. The van der Waals surface area contributed by atoms with Crippen LogP contribution in [0.1, 0.15) is 54.7 Å². The molecule has 7 nitrogen and oxygen atoms in total. The number of amides is 4. The van der Waals surface area contributed by atoms with Gasteiger partial charge in [-0.1, -0.05) is 42.5 Å². The van der Waals surface area contributed by atoms with Gasteiger partial charge in [0.15, 0.2) is 0 Å². The molecule has 1 aliphatic heterocycles. The summed E-state index contributed by atoms with van der Waals surface area (Å²) >= 11 is 0. The van der Waals surface area contributed by atoms with E-state index >= 15 is 0 Å². The quantitative estimate of drug-likeness (QED) is 0.532. The Morgan fingerprint density at radius 3 is 2.31 bits per heavy atom. The third-order valence-corrected chi connectivity index (χ3v) is 6.11. The summed E-state index contributed by atoms with van der Waals surface area (Å²) in [6.07, 6.45) is 0. The first kappa shape index (κ1) is 23.9. The number of imide groups is 1. The molecule has 4 rings (SSSR count). The molecular weight excluding hydrogens is 442 g/mol. The Labute approximate surface area is 204 Å². The minimum Gasteiger partial charge on any atom is -0.343 e. The first-order chi connectivity index (χ1) is 16.8. The fraction of sp³-hybridized carbons (Fsp3) is 0.214. The van der Waals surface area contributed by atoms with Gasteiger partial charge in [0, 0.05) is 18.7 Å². The van der Waals surface area contributed by atoms with Crippen LogP contribution in [0, 0.1) is 13.8 Å². The van der Waals surface area contributed by atoms with Gasteiger partial charge in [-0.2, -0.15) is 0 Å². The van der Waals surface area contributed by atoms with Crippen LogP contribution >= 0.6 is 0 Å². The van der Waals surface area contributed by atoms with E-state index in [-0.39, 0.29) is 29.1 Å². The van der Waals surface area contributed by atoms with E-state index in [2.05, 4.69) is 5.32 Å². The lowest BCUT2D eigenvalue weighted by Gasteiger charge is -2.21. The number of benzene rings is 3. The molecule has 7 heteroatoms. The Morgan fingerprint density at radius 1 is 0.886 bits per heavy atom. The van der Waals surface area contributed by atoms with Gasteiger partial charge in [0.1, 0.15) is 0 Å². The highest BCUT2D eigenvalue weighted by atomic mass is 16.2. The van der Waals surface area contributed by atoms with Gasteiger partial charge in [-0.3, -0.25) is 19.2 Å². The van der Waals surface area contributed by atoms with E-state index in [4.69, 9.17) is 0 Å². The predicted octanol–water partition coefficient (Wildman–Crippen LogP) is 3.88. The fourth-order valence-electron chi connectivity index (χ4n) is 4.11. The van der Waals surface area contributed by atoms with Crippen LogP contribution in [0.3, 0.4) is 0 Å². The summed E-state index contributed by atoms with van der Waals surface area (Å²) in [4.78, 5) is 54.3. The highest BCUT2D eigenvalue weighted by Crippen LogP contribution is 2.31. The molecule has 0 unspecified atom stereocenters. The first-order valence-corrected chi connectivity index (χ1v) is 11.5. The van der Waals surface area contributed by atoms with Crippen molar-refractivity contribution in [2.45, 2.75) is 27.3 Å². The fourth-order valence-corrected chi connectivity index (χ4v) is 4.11. The van der Waals surface area contributed by atoms with Gasteiger partial charge in [0.05, 0.1) is 23.4 Å². The minimum absolute atomic E-state index is 0.169.